The highest BCUT2D eigenvalue weighted by molar-refractivity contribution is 5.30. The van der Waals surface area contributed by atoms with Crippen molar-refractivity contribution in [1.82, 2.24) is 0 Å². The van der Waals surface area contributed by atoms with Crippen molar-refractivity contribution < 1.29 is 14.2 Å². The van der Waals surface area contributed by atoms with Gasteiger partial charge in [0, 0.05) is 11.5 Å². The molecule has 0 spiro atoms. The van der Waals surface area contributed by atoms with Gasteiger partial charge in [-0.3, -0.25) is 0 Å². The molecule has 0 aromatic heterocycles. The largest absolute Gasteiger partial charge is 0.497 e. The fraction of sp³-hybridized carbons (Fsp3) is 0.250. The number of methoxy groups -OCH3 is 1. The molecule has 0 saturated carbocycles. The quantitative estimate of drug-likeness (QED) is 0.583. The standard InChI is InChI=1S/C24H24O3/c1-17-22(18-9-5-3-6-10-18)26-24(20-11-7-4-8-12-20)27-23(17)19-13-15-21(25-2)16-14-19/h3-17,22-24H,1-2H3/t17-,22+,23-,24-/m1/s1. The maximum Gasteiger partial charge on any atom is 0.185 e. The van der Waals surface area contributed by atoms with Crippen LogP contribution in [0.15, 0.2) is 84.9 Å². The van der Waals surface area contributed by atoms with E-state index >= 15 is 0 Å². The van der Waals surface area contributed by atoms with Crippen LogP contribution in [0.1, 0.15) is 42.1 Å². The van der Waals surface area contributed by atoms with E-state index in [0.717, 1.165) is 16.9 Å². The molecule has 1 fully saturated rings. The van der Waals surface area contributed by atoms with E-state index in [0.29, 0.717) is 0 Å². The Hall–Kier alpha value is -2.62. The van der Waals surface area contributed by atoms with Gasteiger partial charge in [0.15, 0.2) is 6.29 Å². The molecule has 0 bridgehead atoms. The van der Waals surface area contributed by atoms with Crippen molar-refractivity contribution in [3.8, 4) is 5.75 Å². The van der Waals surface area contributed by atoms with Crippen LogP contribution in [-0.4, -0.2) is 7.11 Å². The van der Waals surface area contributed by atoms with Gasteiger partial charge in [-0.25, -0.2) is 0 Å². The summed E-state index contributed by atoms with van der Waals surface area (Å²) in [5.41, 5.74) is 3.34. The molecule has 0 N–H and O–H groups in total. The third-order valence-corrected chi connectivity index (χ3v) is 5.14. The van der Waals surface area contributed by atoms with E-state index in [9.17, 15) is 0 Å². The summed E-state index contributed by atoms with van der Waals surface area (Å²) in [5.74, 6) is 1.01. The average molecular weight is 360 g/mol. The molecule has 0 radical (unpaired) electrons. The molecule has 1 aliphatic heterocycles. The fourth-order valence-corrected chi connectivity index (χ4v) is 3.67. The van der Waals surface area contributed by atoms with E-state index in [2.05, 4.69) is 43.3 Å². The van der Waals surface area contributed by atoms with Crippen LogP contribution in [0.2, 0.25) is 0 Å². The Morgan fingerprint density at radius 2 is 1.11 bits per heavy atom. The van der Waals surface area contributed by atoms with Crippen LogP contribution < -0.4 is 4.74 Å². The van der Waals surface area contributed by atoms with Gasteiger partial charge in [-0.15, -0.1) is 0 Å². The zero-order valence-electron chi connectivity index (χ0n) is 15.6. The molecule has 0 unspecified atom stereocenters. The van der Waals surface area contributed by atoms with Gasteiger partial charge in [0.1, 0.15) is 5.75 Å². The van der Waals surface area contributed by atoms with Crippen molar-refractivity contribution in [2.24, 2.45) is 5.92 Å². The van der Waals surface area contributed by atoms with Gasteiger partial charge in [-0.05, 0) is 23.3 Å². The van der Waals surface area contributed by atoms with Crippen LogP contribution in [0.5, 0.6) is 5.75 Å². The van der Waals surface area contributed by atoms with Crippen molar-refractivity contribution in [3.05, 3.63) is 102 Å². The van der Waals surface area contributed by atoms with Crippen LogP contribution in [0.3, 0.4) is 0 Å². The van der Waals surface area contributed by atoms with Crippen molar-refractivity contribution in [2.45, 2.75) is 25.4 Å². The lowest BCUT2D eigenvalue weighted by molar-refractivity contribution is -0.277. The van der Waals surface area contributed by atoms with Crippen molar-refractivity contribution in [1.29, 1.82) is 0 Å². The molecule has 3 heteroatoms. The molecule has 1 heterocycles. The second kappa shape index (κ2) is 7.95. The van der Waals surface area contributed by atoms with Gasteiger partial charge in [-0.2, -0.15) is 0 Å². The predicted octanol–water partition coefficient (Wildman–Crippen LogP) is 5.86. The molecule has 1 saturated heterocycles. The van der Waals surface area contributed by atoms with Gasteiger partial charge in [0.25, 0.3) is 0 Å². The number of benzene rings is 3. The minimum atomic E-state index is -0.403. The summed E-state index contributed by atoms with van der Waals surface area (Å²) >= 11 is 0. The van der Waals surface area contributed by atoms with E-state index in [4.69, 9.17) is 14.2 Å². The highest BCUT2D eigenvalue weighted by atomic mass is 16.7. The van der Waals surface area contributed by atoms with Crippen molar-refractivity contribution >= 4 is 0 Å². The highest BCUT2D eigenvalue weighted by Gasteiger charge is 2.39. The maximum absolute atomic E-state index is 6.43. The third kappa shape index (κ3) is 3.75. The van der Waals surface area contributed by atoms with E-state index in [1.807, 2.05) is 48.5 Å². The van der Waals surface area contributed by atoms with Gasteiger partial charge in [0.2, 0.25) is 0 Å². The second-order valence-corrected chi connectivity index (χ2v) is 6.90. The first-order valence-corrected chi connectivity index (χ1v) is 9.31. The summed E-state index contributed by atoms with van der Waals surface area (Å²) in [6.07, 6.45) is -0.517. The van der Waals surface area contributed by atoms with Crippen LogP contribution >= 0.6 is 0 Å². The number of hydrogen-bond donors (Lipinski definition) is 0. The van der Waals surface area contributed by atoms with E-state index in [-0.39, 0.29) is 18.1 Å². The molecule has 27 heavy (non-hydrogen) atoms. The minimum absolute atomic E-state index is 0.0442. The fourth-order valence-electron chi connectivity index (χ4n) is 3.67. The first-order chi connectivity index (χ1) is 13.3. The summed E-state index contributed by atoms with van der Waals surface area (Å²) in [5, 5.41) is 0. The molecule has 4 atom stereocenters. The summed E-state index contributed by atoms with van der Waals surface area (Å²) in [7, 11) is 1.68. The Balaban J connectivity index is 1.70. The Kier molecular flexibility index (Phi) is 5.23. The summed E-state index contributed by atoms with van der Waals surface area (Å²) in [6, 6.07) is 28.6. The Morgan fingerprint density at radius 3 is 1.63 bits per heavy atom. The molecule has 4 rings (SSSR count). The predicted molar refractivity (Wildman–Crippen MR) is 105 cm³/mol. The first kappa shape index (κ1) is 17.8. The Labute approximate surface area is 160 Å². The molecular weight excluding hydrogens is 336 g/mol. The lowest BCUT2D eigenvalue weighted by atomic mass is 9.87. The molecule has 0 amide bonds. The summed E-state index contributed by atoms with van der Waals surface area (Å²) < 4.78 is 18.2. The minimum Gasteiger partial charge on any atom is -0.497 e. The molecular formula is C24H24O3. The van der Waals surface area contributed by atoms with E-state index < -0.39 is 6.29 Å². The zero-order valence-corrected chi connectivity index (χ0v) is 15.6. The number of hydrogen-bond acceptors (Lipinski definition) is 3. The van der Waals surface area contributed by atoms with Gasteiger partial charge >= 0.3 is 0 Å². The lowest BCUT2D eigenvalue weighted by Gasteiger charge is -2.41. The molecule has 138 valence electrons. The molecule has 3 nitrogen and oxygen atoms in total. The summed E-state index contributed by atoms with van der Waals surface area (Å²) in [4.78, 5) is 0. The van der Waals surface area contributed by atoms with E-state index in [1.165, 1.54) is 5.56 Å². The Morgan fingerprint density at radius 1 is 0.630 bits per heavy atom. The molecule has 0 aliphatic carbocycles. The average Bonchev–Trinajstić information content (AvgIpc) is 2.75. The SMILES string of the molecule is COc1ccc([C@@H]2O[C@H](c3ccccc3)O[C@H](c3ccccc3)[C@H]2C)cc1. The normalized spacial score (nSPS) is 25.1. The highest BCUT2D eigenvalue weighted by Crippen LogP contribution is 2.47. The third-order valence-electron chi connectivity index (χ3n) is 5.14. The first-order valence-electron chi connectivity index (χ1n) is 9.31. The smallest absolute Gasteiger partial charge is 0.185 e. The van der Waals surface area contributed by atoms with E-state index in [1.54, 1.807) is 7.11 Å². The van der Waals surface area contributed by atoms with Crippen molar-refractivity contribution in [3.63, 3.8) is 0 Å². The lowest BCUT2D eigenvalue weighted by Crippen LogP contribution is -2.32. The summed E-state index contributed by atoms with van der Waals surface area (Å²) in [6.45, 7) is 2.19. The second-order valence-electron chi connectivity index (χ2n) is 6.90. The number of rotatable bonds is 4. The van der Waals surface area contributed by atoms with Crippen LogP contribution in [-0.2, 0) is 9.47 Å². The number of ether oxygens (including phenoxy) is 3. The van der Waals surface area contributed by atoms with Gasteiger partial charge < -0.3 is 14.2 Å². The topological polar surface area (TPSA) is 27.7 Å². The Bertz CT molecular complexity index is 846. The molecule has 1 aliphatic rings. The van der Waals surface area contributed by atoms with Crippen LogP contribution in [0.4, 0.5) is 0 Å². The van der Waals surface area contributed by atoms with Gasteiger partial charge in [0.05, 0.1) is 19.3 Å². The maximum atomic E-state index is 6.43. The molecule has 3 aromatic carbocycles. The van der Waals surface area contributed by atoms with Gasteiger partial charge in [-0.1, -0.05) is 79.7 Å². The van der Waals surface area contributed by atoms with Crippen LogP contribution in [0.25, 0.3) is 0 Å². The monoisotopic (exact) mass is 360 g/mol. The zero-order chi connectivity index (χ0) is 18.6. The van der Waals surface area contributed by atoms with Crippen LogP contribution in [0, 0.1) is 5.92 Å². The van der Waals surface area contributed by atoms with Crippen molar-refractivity contribution in [2.75, 3.05) is 7.11 Å². The molecule has 3 aromatic rings.